The molecule has 30 heavy (non-hydrogen) atoms. The number of hydrogen-bond acceptors (Lipinski definition) is 0. The first kappa shape index (κ1) is 22.8. The van der Waals surface area contributed by atoms with E-state index in [-0.39, 0.29) is 6.67 Å². The summed E-state index contributed by atoms with van der Waals surface area (Å²) in [6.45, 7) is 2.06. The second kappa shape index (κ2) is 12.7. The molecule has 1 aliphatic rings. The van der Waals surface area contributed by atoms with E-state index in [1.807, 2.05) is 0 Å². The summed E-state index contributed by atoms with van der Waals surface area (Å²) >= 11 is 0. The number of alkyl halides is 1. The van der Waals surface area contributed by atoms with Gasteiger partial charge in [-0.05, 0) is 98.3 Å². The maximum absolute atomic E-state index is 12.2. The number of benzene rings is 2. The van der Waals surface area contributed by atoms with Crippen molar-refractivity contribution in [1.82, 2.24) is 0 Å². The third-order valence-corrected chi connectivity index (χ3v) is 6.71. The van der Waals surface area contributed by atoms with Gasteiger partial charge in [-0.25, -0.2) is 0 Å². The molecule has 0 unspecified atom stereocenters. The average Bonchev–Trinajstić information content (AvgIpc) is 2.81. The van der Waals surface area contributed by atoms with Crippen molar-refractivity contribution in [2.24, 2.45) is 11.8 Å². The average molecular weight is 407 g/mol. The third kappa shape index (κ3) is 7.42. The third-order valence-electron chi connectivity index (χ3n) is 6.71. The van der Waals surface area contributed by atoms with Gasteiger partial charge >= 0.3 is 0 Å². The molecule has 3 rings (SSSR count). The van der Waals surface area contributed by atoms with Crippen LogP contribution < -0.4 is 0 Å². The molecular weight excluding hydrogens is 367 g/mol. The van der Waals surface area contributed by atoms with Crippen LogP contribution in [0.4, 0.5) is 4.39 Å². The Labute approximate surface area is 183 Å². The number of aryl methyl sites for hydroxylation is 2. The van der Waals surface area contributed by atoms with Crippen LogP contribution in [0.15, 0.2) is 60.7 Å². The van der Waals surface area contributed by atoms with Gasteiger partial charge in [0.25, 0.3) is 0 Å². The lowest BCUT2D eigenvalue weighted by molar-refractivity contribution is 0.296. The van der Waals surface area contributed by atoms with Gasteiger partial charge in [0.1, 0.15) is 0 Å². The Morgan fingerprint density at radius 2 is 1.40 bits per heavy atom. The summed E-state index contributed by atoms with van der Waals surface area (Å²) in [6.07, 6.45) is 17.6. The van der Waals surface area contributed by atoms with Crippen LogP contribution in [0.5, 0.6) is 0 Å². The van der Waals surface area contributed by atoms with Gasteiger partial charge in [-0.1, -0.05) is 74.0 Å². The summed E-state index contributed by atoms with van der Waals surface area (Å²) in [6, 6.07) is 18.3. The first-order chi connectivity index (χ1) is 14.8. The van der Waals surface area contributed by atoms with Crippen LogP contribution >= 0.6 is 0 Å². The molecule has 162 valence electrons. The van der Waals surface area contributed by atoms with E-state index in [4.69, 9.17) is 0 Å². The van der Waals surface area contributed by atoms with Crippen LogP contribution in [0.25, 0.3) is 11.1 Å². The molecule has 0 saturated heterocycles. The summed E-state index contributed by atoms with van der Waals surface area (Å²) in [5.74, 6) is 1.60. The van der Waals surface area contributed by atoms with E-state index >= 15 is 0 Å². The number of unbranched alkanes of at least 4 members (excludes halogenated alkanes) is 2. The van der Waals surface area contributed by atoms with Gasteiger partial charge in [-0.3, -0.25) is 4.39 Å². The molecular formula is C29H39F. The lowest BCUT2D eigenvalue weighted by Gasteiger charge is -2.26. The van der Waals surface area contributed by atoms with Gasteiger partial charge in [0.2, 0.25) is 0 Å². The molecule has 0 atom stereocenters. The number of halogens is 1. The van der Waals surface area contributed by atoms with Gasteiger partial charge in [-0.2, -0.15) is 0 Å². The monoisotopic (exact) mass is 406 g/mol. The number of hydrogen-bond donors (Lipinski definition) is 0. The Morgan fingerprint density at radius 1 is 0.800 bits per heavy atom. The number of rotatable bonds is 11. The minimum absolute atomic E-state index is 0.191. The molecule has 2 aromatic rings. The zero-order valence-electron chi connectivity index (χ0n) is 18.8. The molecule has 0 spiro atoms. The minimum Gasteiger partial charge on any atom is -0.251 e. The molecule has 0 aliphatic heterocycles. The van der Waals surface area contributed by atoms with E-state index in [0.717, 1.165) is 18.3 Å². The summed E-state index contributed by atoms with van der Waals surface area (Å²) in [4.78, 5) is 0. The van der Waals surface area contributed by atoms with Crippen molar-refractivity contribution < 1.29 is 4.39 Å². The highest BCUT2D eigenvalue weighted by Gasteiger charge is 2.19. The first-order valence-corrected chi connectivity index (χ1v) is 12.2. The van der Waals surface area contributed by atoms with E-state index in [9.17, 15) is 4.39 Å². The SMILES string of the molecule is CCCCc1ccc(-c2ccc(CCC3CCC(C=CCCCF)CC3)cc2)cc1. The molecule has 0 heterocycles. The second-order valence-corrected chi connectivity index (χ2v) is 9.08. The summed E-state index contributed by atoms with van der Waals surface area (Å²) in [5.41, 5.74) is 5.55. The molecule has 0 nitrogen and oxygen atoms in total. The highest BCUT2D eigenvalue weighted by molar-refractivity contribution is 5.64. The highest BCUT2D eigenvalue weighted by atomic mass is 19.1. The smallest absolute Gasteiger partial charge is 0.0897 e. The Bertz CT molecular complexity index is 733. The Kier molecular flexibility index (Phi) is 9.67. The maximum atomic E-state index is 12.2. The van der Waals surface area contributed by atoms with Crippen molar-refractivity contribution in [3.05, 3.63) is 71.8 Å². The first-order valence-electron chi connectivity index (χ1n) is 12.2. The van der Waals surface area contributed by atoms with Crippen LogP contribution in [0, 0.1) is 11.8 Å². The van der Waals surface area contributed by atoms with E-state index in [1.54, 1.807) is 0 Å². The number of allylic oxidation sites excluding steroid dienone is 2. The normalized spacial score (nSPS) is 19.4. The van der Waals surface area contributed by atoms with E-state index in [1.165, 1.54) is 80.0 Å². The zero-order valence-corrected chi connectivity index (χ0v) is 18.8. The predicted octanol–water partition coefficient (Wildman–Crippen LogP) is 8.74. The van der Waals surface area contributed by atoms with E-state index in [2.05, 4.69) is 67.6 Å². The molecule has 1 aliphatic carbocycles. The summed E-state index contributed by atoms with van der Waals surface area (Å²) in [7, 11) is 0. The Hall–Kier alpha value is -1.89. The largest absolute Gasteiger partial charge is 0.251 e. The maximum Gasteiger partial charge on any atom is 0.0897 e. The zero-order chi connectivity index (χ0) is 21.0. The van der Waals surface area contributed by atoms with Crippen LogP contribution in [0.3, 0.4) is 0 Å². The van der Waals surface area contributed by atoms with Crippen LogP contribution in [0.1, 0.15) is 75.8 Å². The van der Waals surface area contributed by atoms with E-state index < -0.39 is 0 Å². The fourth-order valence-electron chi connectivity index (χ4n) is 4.63. The van der Waals surface area contributed by atoms with Gasteiger partial charge in [0, 0.05) is 0 Å². The van der Waals surface area contributed by atoms with Crippen molar-refractivity contribution in [2.45, 2.75) is 77.6 Å². The van der Waals surface area contributed by atoms with Crippen molar-refractivity contribution >= 4 is 0 Å². The van der Waals surface area contributed by atoms with Gasteiger partial charge in [0.15, 0.2) is 0 Å². The van der Waals surface area contributed by atoms with Crippen molar-refractivity contribution in [3.8, 4) is 11.1 Å². The molecule has 0 N–H and O–H groups in total. The van der Waals surface area contributed by atoms with Crippen LogP contribution in [-0.2, 0) is 12.8 Å². The molecule has 0 bridgehead atoms. The fourth-order valence-corrected chi connectivity index (χ4v) is 4.63. The quantitative estimate of drug-likeness (QED) is 0.258. The molecule has 1 saturated carbocycles. The molecule has 2 aromatic carbocycles. The molecule has 1 fully saturated rings. The van der Waals surface area contributed by atoms with Gasteiger partial charge in [-0.15, -0.1) is 0 Å². The summed E-state index contributed by atoms with van der Waals surface area (Å²) < 4.78 is 12.2. The molecule has 0 radical (unpaired) electrons. The van der Waals surface area contributed by atoms with Crippen LogP contribution in [-0.4, -0.2) is 6.67 Å². The molecule has 1 heteroatoms. The lowest BCUT2D eigenvalue weighted by Crippen LogP contribution is -2.13. The fraction of sp³-hybridized carbons (Fsp3) is 0.517. The minimum atomic E-state index is -0.191. The van der Waals surface area contributed by atoms with Crippen molar-refractivity contribution in [3.63, 3.8) is 0 Å². The van der Waals surface area contributed by atoms with Crippen molar-refractivity contribution in [2.75, 3.05) is 6.67 Å². The lowest BCUT2D eigenvalue weighted by atomic mass is 9.79. The topological polar surface area (TPSA) is 0 Å². The molecule has 0 aromatic heterocycles. The predicted molar refractivity (Wildman–Crippen MR) is 129 cm³/mol. The van der Waals surface area contributed by atoms with Gasteiger partial charge < -0.3 is 0 Å². The standard InChI is InChI=1S/C29H39F/c1-2-3-7-24-15-19-28(20-16-24)29-21-17-27(18-22-29)14-13-26-11-9-25(10-12-26)8-5-4-6-23-30/h5,8,15-22,25-26H,2-4,6-7,9-14,23H2,1H3. The van der Waals surface area contributed by atoms with Crippen molar-refractivity contribution in [1.29, 1.82) is 0 Å². The van der Waals surface area contributed by atoms with Crippen LogP contribution in [0.2, 0.25) is 0 Å². The second-order valence-electron chi connectivity index (χ2n) is 9.08. The Morgan fingerprint density at radius 3 is 1.97 bits per heavy atom. The summed E-state index contributed by atoms with van der Waals surface area (Å²) in [5, 5.41) is 0. The van der Waals surface area contributed by atoms with Gasteiger partial charge in [0.05, 0.1) is 6.67 Å². The Balaban J connectivity index is 1.41. The molecule has 0 amide bonds. The van der Waals surface area contributed by atoms with E-state index in [0.29, 0.717) is 6.42 Å². The highest BCUT2D eigenvalue weighted by Crippen LogP contribution is 2.32.